The van der Waals surface area contributed by atoms with Crippen LogP contribution in [0.1, 0.15) is 83.1 Å². The topological polar surface area (TPSA) is 72.8 Å². The number of aliphatic hydroxyl groups is 1. The minimum absolute atomic E-state index is 0.0411. The van der Waals surface area contributed by atoms with Crippen LogP contribution in [0.3, 0.4) is 0 Å². The predicted octanol–water partition coefficient (Wildman–Crippen LogP) is 4.56. The third-order valence-corrected chi connectivity index (χ3v) is 8.32. The maximum atomic E-state index is 14.1. The third-order valence-electron chi connectivity index (χ3n) is 8.32. The summed E-state index contributed by atoms with van der Waals surface area (Å²) >= 11 is 0. The van der Waals surface area contributed by atoms with E-state index in [1.54, 1.807) is 0 Å². The van der Waals surface area contributed by atoms with E-state index >= 15 is 0 Å². The molecule has 3 heterocycles. The molecule has 2 bridgehead atoms. The Kier molecular flexibility index (Phi) is 3.61. The van der Waals surface area contributed by atoms with Gasteiger partial charge in [-0.3, -0.25) is 9.59 Å². The molecule has 0 unspecified atom stereocenters. The van der Waals surface area contributed by atoms with Crippen LogP contribution in [0, 0.1) is 22.2 Å². The smallest absolute Gasteiger partial charge is 0.224 e. The van der Waals surface area contributed by atoms with Gasteiger partial charge in [0, 0.05) is 37.2 Å². The molecule has 2 fully saturated rings. The maximum absolute atomic E-state index is 14.1. The molecule has 1 spiro atoms. The molecule has 0 radical (unpaired) electrons. The van der Waals surface area contributed by atoms with Gasteiger partial charge >= 0.3 is 0 Å². The number of ketones is 2. The van der Waals surface area contributed by atoms with E-state index in [0.717, 1.165) is 11.1 Å². The first-order chi connectivity index (χ1) is 14.5. The van der Waals surface area contributed by atoms with Gasteiger partial charge in [-0.2, -0.15) is 0 Å². The molecule has 2 aliphatic carbocycles. The number of hydrogen-bond acceptors (Lipinski definition) is 5. The Morgan fingerprint density at radius 1 is 0.968 bits per heavy atom. The fraction of sp³-hybridized carbons (Fsp3) is 0.615. The monoisotopic (exact) mass is 422 g/mol. The van der Waals surface area contributed by atoms with Crippen LogP contribution in [0.4, 0.5) is 0 Å². The SMILES string of the molecule is CC1(C)CC(=O)C2=C(C1)O[C@@]1(O)CC(C)(C)CC(=O)[C@@]13[C@@H]2C[C@H]1O[C@@H]3c2ccccc21. The molecule has 1 aromatic carbocycles. The zero-order valence-electron chi connectivity index (χ0n) is 18.7. The molecule has 6 rings (SSSR count). The second-order valence-corrected chi connectivity index (χ2v) is 11.9. The molecule has 31 heavy (non-hydrogen) atoms. The summed E-state index contributed by atoms with van der Waals surface area (Å²) < 4.78 is 12.9. The molecule has 0 aromatic heterocycles. The average molecular weight is 423 g/mol. The number of hydrogen-bond donors (Lipinski definition) is 1. The highest BCUT2D eigenvalue weighted by molar-refractivity contribution is 6.01. The average Bonchev–Trinajstić information content (AvgIpc) is 2.92. The highest BCUT2D eigenvalue weighted by atomic mass is 16.6. The number of ether oxygens (including phenoxy) is 2. The van der Waals surface area contributed by atoms with Crippen molar-refractivity contribution in [3.63, 3.8) is 0 Å². The van der Waals surface area contributed by atoms with E-state index in [0.29, 0.717) is 43.4 Å². The summed E-state index contributed by atoms with van der Waals surface area (Å²) in [5.41, 5.74) is 0.751. The summed E-state index contributed by atoms with van der Waals surface area (Å²) in [4.78, 5) is 27.5. The van der Waals surface area contributed by atoms with Gasteiger partial charge in [-0.1, -0.05) is 52.0 Å². The van der Waals surface area contributed by atoms with Crippen molar-refractivity contribution < 1.29 is 24.2 Å². The lowest BCUT2D eigenvalue weighted by molar-refractivity contribution is -0.335. The lowest BCUT2D eigenvalue weighted by atomic mass is 9.48. The van der Waals surface area contributed by atoms with E-state index in [9.17, 15) is 14.7 Å². The summed E-state index contributed by atoms with van der Waals surface area (Å²) in [6.07, 6.45) is 1.46. The Balaban J connectivity index is 1.63. The number of Topliss-reactive ketones (excluding diaryl/α,β-unsaturated/α-hetero) is 2. The number of benzene rings is 1. The van der Waals surface area contributed by atoms with Crippen molar-refractivity contribution >= 4 is 11.6 Å². The molecule has 5 nitrogen and oxygen atoms in total. The molecule has 1 saturated carbocycles. The number of allylic oxidation sites excluding steroid dienone is 2. The standard InChI is InChI=1S/C26H30O5/c1-23(2)10-17(27)21-16-9-18-14-7-5-6-8-15(14)22(30-18)26(16)20(28)12-24(3,4)13-25(26,29)31-19(21)11-23/h5-8,16,18,22,29H,9-13H2,1-4H3/t16-,18-,22-,25+,26-/m1/s1. The normalized spacial score (nSPS) is 41.6. The van der Waals surface area contributed by atoms with Crippen molar-refractivity contribution in [2.24, 2.45) is 22.2 Å². The zero-order valence-corrected chi connectivity index (χ0v) is 18.7. The van der Waals surface area contributed by atoms with E-state index < -0.39 is 22.7 Å². The first-order valence-corrected chi connectivity index (χ1v) is 11.4. The van der Waals surface area contributed by atoms with Crippen molar-refractivity contribution in [1.82, 2.24) is 0 Å². The zero-order chi connectivity index (χ0) is 22.0. The first kappa shape index (κ1) is 19.7. The van der Waals surface area contributed by atoms with Gasteiger partial charge in [0.15, 0.2) is 5.78 Å². The molecule has 1 saturated heterocycles. The third kappa shape index (κ3) is 2.34. The number of fused-ring (bicyclic) bond motifs is 6. The second kappa shape index (κ2) is 5.68. The van der Waals surface area contributed by atoms with Crippen molar-refractivity contribution in [2.75, 3.05) is 0 Å². The van der Waals surface area contributed by atoms with E-state index in [1.807, 2.05) is 38.1 Å². The molecular weight excluding hydrogens is 392 g/mol. The van der Waals surface area contributed by atoms with Gasteiger partial charge in [-0.25, -0.2) is 0 Å². The van der Waals surface area contributed by atoms with Crippen LogP contribution in [-0.4, -0.2) is 22.5 Å². The van der Waals surface area contributed by atoms with Gasteiger partial charge in [-0.05, 0) is 28.4 Å². The summed E-state index contributed by atoms with van der Waals surface area (Å²) in [5.74, 6) is -1.47. The maximum Gasteiger partial charge on any atom is 0.224 e. The van der Waals surface area contributed by atoms with E-state index in [-0.39, 0.29) is 29.0 Å². The van der Waals surface area contributed by atoms with E-state index in [1.165, 1.54) is 0 Å². The van der Waals surface area contributed by atoms with Gasteiger partial charge in [0.1, 0.15) is 23.1 Å². The van der Waals surface area contributed by atoms with E-state index in [2.05, 4.69) is 13.8 Å². The van der Waals surface area contributed by atoms with Crippen LogP contribution in [0.2, 0.25) is 0 Å². The summed E-state index contributed by atoms with van der Waals surface area (Å²) in [6.45, 7) is 8.12. The van der Waals surface area contributed by atoms with Crippen molar-refractivity contribution in [3.8, 4) is 0 Å². The highest BCUT2D eigenvalue weighted by Crippen LogP contribution is 2.72. The summed E-state index contributed by atoms with van der Waals surface area (Å²) in [6, 6.07) is 7.98. The van der Waals surface area contributed by atoms with Crippen LogP contribution >= 0.6 is 0 Å². The summed E-state index contributed by atoms with van der Waals surface area (Å²) in [5, 5.41) is 12.3. The fourth-order valence-electron chi connectivity index (χ4n) is 7.37. The Hall–Kier alpha value is -1.98. The van der Waals surface area contributed by atoms with Crippen molar-refractivity contribution in [3.05, 3.63) is 46.7 Å². The van der Waals surface area contributed by atoms with Crippen LogP contribution in [0.5, 0.6) is 0 Å². The minimum atomic E-state index is -1.70. The number of carbonyl (C=O) groups is 2. The van der Waals surface area contributed by atoms with E-state index in [4.69, 9.17) is 9.47 Å². The Morgan fingerprint density at radius 2 is 1.68 bits per heavy atom. The molecule has 0 amide bonds. The lowest BCUT2D eigenvalue weighted by Gasteiger charge is -2.62. The molecule has 5 atom stereocenters. The molecule has 3 aliphatic heterocycles. The minimum Gasteiger partial charge on any atom is -0.465 e. The van der Waals surface area contributed by atoms with Crippen molar-refractivity contribution in [1.29, 1.82) is 0 Å². The summed E-state index contributed by atoms with van der Waals surface area (Å²) in [7, 11) is 0. The van der Waals surface area contributed by atoms with Crippen LogP contribution in [-0.2, 0) is 19.1 Å². The van der Waals surface area contributed by atoms with Crippen LogP contribution in [0.15, 0.2) is 35.6 Å². The predicted molar refractivity (Wildman–Crippen MR) is 113 cm³/mol. The number of rotatable bonds is 0. The first-order valence-electron chi connectivity index (χ1n) is 11.4. The van der Waals surface area contributed by atoms with Gasteiger partial charge in [-0.15, -0.1) is 0 Å². The van der Waals surface area contributed by atoms with Crippen LogP contribution < -0.4 is 0 Å². The Morgan fingerprint density at radius 3 is 2.42 bits per heavy atom. The molecule has 1 N–H and O–H groups in total. The molecule has 5 aliphatic rings. The Bertz CT molecular complexity index is 1070. The van der Waals surface area contributed by atoms with Gasteiger partial charge in [0.25, 0.3) is 0 Å². The second-order valence-electron chi connectivity index (χ2n) is 11.9. The quantitative estimate of drug-likeness (QED) is 0.664. The van der Waals surface area contributed by atoms with Gasteiger partial charge in [0.05, 0.1) is 6.10 Å². The number of carbonyl (C=O) groups excluding carboxylic acids is 2. The molecule has 1 aromatic rings. The highest BCUT2D eigenvalue weighted by Gasteiger charge is 2.76. The largest absolute Gasteiger partial charge is 0.465 e. The van der Waals surface area contributed by atoms with Crippen LogP contribution in [0.25, 0.3) is 0 Å². The molecule has 5 heteroatoms. The lowest BCUT2D eigenvalue weighted by Crippen LogP contribution is -2.70. The fourth-order valence-corrected chi connectivity index (χ4v) is 7.37. The Labute approximate surface area is 182 Å². The molecular formula is C26H30O5. The van der Waals surface area contributed by atoms with Gasteiger partial charge < -0.3 is 14.6 Å². The van der Waals surface area contributed by atoms with Gasteiger partial charge in [0.2, 0.25) is 5.79 Å². The molecule has 164 valence electrons. The van der Waals surface area contributed by atoms with Crippen molar-refractivity contribution in [2.45, 2.75) is 77.8 Å².